The van der Waals surface area contributed by atoms with Gasteiger partial charge in [-0.05, 0) is 0 Å². The van der Waals surface area contributed by atoms with Gasteiger partial charge in [-0.15, -0.1) is 0 Å². The summed E-state index contributed by atoms with van der Waals surface area (Å²) in [6.07, 6.45) is 0. The molecule has 0 aliphatic rings. The van der Waals surface area contributed by atoms with Crippen LogP contribution >= 0.6 is 0 Å². The van der Waals surface area contributed by atoms with E-state index < -0.39 is 17.8 Å². The average Bonchev–Trinajstić information content (AvgIpc) is 2.79. The SMILES string of the molecule is CC(=O)[O][Sb]([c]1ccc(C)cc1)([c]1ccc(C)cc1)([c]1ccc(C)cc1)[c]1ccc(C)cc1. The van der Waals surface area contributed by atoms with E-state index in [2.05, 4.69) is 125 Å². The van der Waals surface area contributed by atoms with Crippen LogP contribution in [-0.2, 0) is 7.81 Å². The molecule has 0 spiro atoms. The van der Waals surface area contributed by atoms with Crippen LogP contribution < -0.4 is 14.0 Å². The van der Waals surface area contributed by atoms with Gasteiger partial charge in [-0.3, -0.25) is 0 Å². The van der Waals surface area contributed by atoms with Crippen molar-refractivity contribution in [3.8, 4) is 0 Å². The fourth-order valence-corrected chi connectivity index (χ4v) is 20.7. The maximum atomic E-state index is 13.1. The number of carbonyl (C=O) groups excluding carboxylic acids is 1. The summed E-state index contributed by atoms with van der Waals surface area (Å²) >= 11 is -5.06. The summed E-state index contributed by atoms with van der Waals surface area (Å²) in [4.78, 5) is 13.1. The Balaban J connectivity index is 2.30. The molecule has 0 amide bonds. The summed E-state index contributed by atoms with van der Waals surface area (Å²) in [5.41, 5.74) is 4.69. The minimum absolute atomic E-state index is 0.265. The predicted octanol–water partition coefficient (Wildman–Crippen LogP) is 4.31. The zero-order valence-electron chi connectivity index (χ0n) is 20.0. The van der Waals surface area contributed by atoms with Gasteiger partial charge in [0.25, 0.3) is 0 Å². The molecule has 0 heterocycles. The molecule has 0 fully saturated rings. The van der Waals surface area contributed by atoms with Crippen molar-refractivity contribution >= 4 is 37.8 Å². The Morgan fingerprint density at radius 2 is 0.697 bits per heavy atom. The minimum atomic E-state index is -5.06. The number of hydrogen-bond acceptors (Lipinski definition) is 2. The maximum absolute atomic E-state index is 13.1. The zero-order valence-corrected chi connectivity index (χ0v) is 22.6. The Morgan fingerprint density at radius 3 is 0.879 bits per heavy atom. The van der Waals surface area contributed by atoms with Gasteiger partial charge in [0.05, 0.1) is 0 Å². The monoisotopic (exact) mass is 544 g/mol. The average molecular weight is 545 g/mol. The van der Waals surface area contributed by atoms with E-state index in [1.54, 1.807) is 0 Å². The first-order valence-corrected chi connectivity index (χ1v) is 17.4. The molecule has 0 aliphatic heterocycles. The van der Waals surface area contributed by atoms with Crippen LogP contribution in [0.15, 0.2) is 97.1 Å². The second-order valence-corrected chi connectivity index (χ2v) is 21.3. The summed E-state index contributed by atoms with van der Waals surface area (Å²) in [5.74, 6) is -0.265. The van der Waals surface area contributed by atoms with Crippen LogP contribution in [0, 0.1) is 27.7 Å². The van der Waals surface area contributed by atoms with E-state index in [9.17, 15) is 4.79 Å². The van der Waals surface area contributed by atoms with Gasteiger partial charge in [-0.2, -0.15) is 0 Å². The summed E-state index contributed by atoms with van der Waals surface area (Å²) in [7, 11) is 0. The van der Waals surface area contributed by atoms with Crippen molar-refractivity contribution in [2.24, 2.45) is 0 Å². The van der Waals surface area contributed by atoms with Crippen LogP contribution in [0.3, 0.4) is 0 Å². The van der Waals surface area contributed by atoms with Gasteiger partial charge < -0.3 is 0 Å². The molecule has 4 aromatic rings. The molecule has 0 bridgehead atoms. The van der Waals surface area contributed by atoms with E-state index in [0.29, 0.717) is 0 Å². The summed E-state index contributed by atoms with van der Waals surface area (Å²) in [5, 5.41) is 0. The Kier molecular flexibility index (Phi) is 6.25. The standard InChI is InChI=1S/4C7H7.C2H4O2.Sb/c4*1-7-5-3-2-4-6-7;1-2(3)4;/h4*3-6H,1H3;1H3,(H,3,4);/q;;;;;+1/p-1. The molecule has 0 saturated carbocycles. The van der Waals surface area contributed by atoms with Crippen LogP contribution in [-0.4, -0.2) is 23.8 Å². The first-order valence-electron chi connectivity index (χ1n) is 11.3. The fourth-order valence-electron chi connectivity index (χ4n) is 4.68. The van der Waals surface area contributed by atoms with Gasteiger partial charge in [-0.25, -0.2) is 0 Å². The van der Waals surface area contributed by atoms with E-state index in [4.69, 9.17) is 3.02 Å². The van der Waals surface area contributed by atoms with Gasteiger partial charge in [0, 0.05) is 0 Å². The Bertz CT molecular complexity index is 1080. The van der Waals surface area contributed by atoms with E-state index in [1.165, 1.54) is 29.2 Å². The second kappa shape index (κ2) is 8.84. The van der Waals surface area contributed by atoms with Gasteiger partial charge in [0.15, 0.2) is 0 Å². The molecule has 4 aromatic carbocycles. The van der Waals surface area contributed by atoms with Gasteiger partial charge in [-0.1, -0.05) is 0 Å². The summed E-state index contributed by atoms with van der Waals surface area (Å²) < 4.78 is 11.2. The Hall–Kier alpha value is -2.83. The molecule has 168 valence electrons. The molecule has 0 saturated heterocycles. The molecule has 0 atom stereocenters. The van der Waals surface area contributed by atoms with Crippen molar-refractivity contribution < 1.29 is 7.81 Å². The molecular formula is C30H31O2Sb. The van der Waals surface area contributed by atoms with E-state index >= 15 is 0 Å². The molecule has 0 aliphatic carbocycles. The predicted molar refractivity (Wildman–Crippen MR) is 141 cm³/mol. The molecule has 0 aromatic heterocycles. The van der Waals surface area contributed by atoms with Gasteiger partial charge >= 0.3 is 200 Å². The third kappa shape index (κ3) is 3.81. The number of hydrogen-bond donors (Lipinski definition) is 0. The molecule has 0 radical (unpaired) electrons. The van der Waals surface area contributed by atoms with Crippen LogP contribution in [0.4, 0.5) is 0 Å². The van der Waals surface area contributed by atoms with Gasteiger partial charge in [0.1, 0.15) is 0 Å². The molecule has 33 heavy (non-hydrogen) atoms. The zero-order chi connectivity index (χ0) is 23.7. The van der Waals surface area contributed by atoms with Crippen LogP contribution in [0.1, 0.15) is 29.2 Å². The first-order chi connectivity index (χ1) is 15.8. The van der Waals surface area contributed by atoms with Crippen molar-refractivity contribution in [2.45, 2.75) is 34.6 Å². The third-order valence-corrected chi connectivity index (χ3v) is 22.8. The van der Waals surface area contributed by atoms with Gasteiger partial charge in [0.2, 0.25) is 0 Å². The molecule has 0 unspecified atom stereocenters. The Labute approximate surface area is 198 Å². The topological polar surface area (TPSA) is 26.3 Å². The number of benzene rings is 4. The molecule has 4 rings (SSSR count). The van der Waals surface area contributed by atoms with Crippen molar-refractivity contribution in [1.29, 1.82) is 0 Å². The van der Waals surface area contributed by atoms with Crippen molar-refractivity contribution in [3.05, 3.63) is 119 Å². The third-order valence-electron chi connectivity index (χ3n) is 6.42. The summed E-state index contributed by atoms with van der Waals surface area (Å²) in [6.45, 7) is 9.88. The normalized spacial score (nSPS) is 12.6. The van der Waals surface area contributed by atoms with Crippen LogP contribution in [0.5, 0.6) is 0 Å². The summed E-state index contributed by atoms with van der Waals surface area (Å²) in [6, 6.07) is 34.3. The quantitative estimate of drug-likeness (QED) is 0.350. The van der Waals surface area contributed by atoms with Crippen molar-refractivity contribution in [1.82, 2.24) is 0 Å². The number of rotatable bonds is 5. The molecule has 3 heteroatoms. The second-order valence-electron chi connectivity index (χ2n) is 8.96. The number of carbonyl (C=O) groups is 1. The molecular weight excluding hydrogens is 514 g/mol. The van der Waals surface area contributed by atoms with Crippen molar-refractivity contribution in [2.75, 3.05) is 0 Å². The number of aryl methyl sites for hydroxylation is 4. The molecule has 2 nitrogen and oxygen atoms in total. The van der Waals surface area contributed by atoms with E-state index in [-0.39, 0.29) is 5.97 Å². The fraction of sp³-hybridized carbons (Fsp3) is 0.167. The van der Waals surface area contributed by atoms with Crippen molar-refractivity contribution in [3.63, 3.8) is 0 Å². The van der Waals surface area contributed by atoms with E-state index in [0.717, 1.165) is 14.0 Å². The van der Waals surface area contributed by atoms with E-state index in [1.807, 2.05) is 0 Å². The first kappa shape index (κ1) is 23.3. The van der Waals surface area contributed by atoms with Crippen LogP contribution in [0.25, 0.3) is 0 Å². The van der Waals surface area contributed by atoms with Crippen LogP contribution in [0.2, 0.25) is 0 Å². The molecule has 0 N–H and O–H groups in total. The Morgan fingerprint density at radius 1 is 0.485 bits per heavy atom.